The van der Waals surface area contributed by atoms with Crippen LogP contribution in [0, 0.1) is 0 Å². The zero-order valence-electron chi connectivity index (χ0n) is 7.43. The van der Waals surface area contributed by atoms with Crippen molar-refractivity contribution in [2.45, 2.75) is 17.5 Å². The van der Waals surface area contributed by atoms with Crippen molar-refractivity contribution in [3.05, 3.63) is 5.82 Å². The topological polar surface area (TPSA) is 66.0 Å². The molecule has 1 unspecified atom stereocenters. The van der Waals surface area contributed by atoms with Crippen LogP contribution < -0.4 is 5.84 Å². The third-order valence-corrected chi connectivity index (χ3v) is 2.81. The molecule has 0 bridgehead atoms. The van der Waals surface area contributed by atoms with E-state index in [1.807, 2.05) is 6.26 Å². The zero-order valence-corrected chi connectivity index (χ0v) is 8.25. The van der Waals surface area contributed by atoms with Crippen LogP contribution in [0.4, 0.5) is 0 Å². The molecule has 2 N–H and O–H groups in total. The van der Waals surface area contributed by atoms with Gasteiger partial charge in [0.2, 0.25) is 5.16 Å². The average Bonchev–Trinajstić information content (AvgIpc) is 2.72. The van der Waals surface area contributed by atoms with E-state index < -0.39 is 0 Å². The Hall–Kier alpha value is -0.750. The molecule has 0 aliphatic carbocycles. The quantitative estimate of drug-likeness (QED) is 0.546. The fraction of sp³-hybridized carbons (Fsp3) is 0.714. The normalized spacial score (nSPS) is 22.4. The molecule has 6 heteroatoms. The highest BCUT2D eigenvalue weighted by Gasteiger charge is 2.23. The van der Waals surface area contributed by atoms with Crippen LogP contribution in [-0.2, 0) is 4.74 Å². The van der Waals surface area contributed by atoms with E-state index >= 15 is 0 Å². The molecule has 1 atom stereocenters. The third-order valence-electron chi connectivity index (χ3n) is 2.17. The molecule has 0 amide bonds. The van der Waals surface area contributed by atoms with Crippen molar-refractivity contribution in [1.29, 1.82) is 0 Å². The van der Waals surface area contributed by atoms with Gasteiger partial charge in [0.05, 0.1) is 6.61 Å². The number of nitrogen functional groups attached to an aromatic ring is 1. The first-order valence-corrected chi connectivity index (χ1v) is 5.37. The zero-order chi connectivity index (χ0) is 9.26. The standard InChI is InChI=1S/C7H12N4OS/c1-13-7-10-9-6(11(7)8)5-2-3-12-4-5/h5H,2-4,8H2,1H3. The minimum absolute atomic E-state index is 0.318. The highest BCUT2D eigenvalue weighted by atomic mass is 32.2. The van der Waals surface area contributed by atoms with Crippen LogP contribution in [0.5, 0.6) is 0 Å². The molecule has 2 heterocycles. The highest BCUT2D eigenvalue weighted by molar-refractivity contribution is 7.98. The summed E-state index contributed by atoms with van der Waals surface area (Å²) in [6.45, 7) is 1.51. The van der Waals surface area contributed by atoms with Crippen LogP contribution >= 0.6 is 11.8 Å². The lowest BCUT2D eigenvalue weighted by atomic mass is 10.1. The van der Waals surface area contributed by atoms with Crippen LogP contribution in [0.25, 0.3) is 0 Å². The first-order chi connectivity index (χ1) is 6.33. The summed E-state index contributed by atoms with van der Waals surface area (Å²) in [5.41, 5.74) is 0. The predicted octanol–water partition coefficient (Wildman–Crippen LogP) is 0.218. The molecule has 1 aromatic rings. The Morgan fingerprint density at radius 3 is 3.00 bits per heavy atom. The van der Waals surface area contributed by atoms with Crippen LogP contribution in [0.1, 0.15) is 18.2 Å². The monoisotopic (exact) mass is 200 g/mol. The van der Waals surface area contributed by atoms with Crippen molar-refractivity contribution in [3.8, 4) is 0 Å². The molecule has 0 saturated carbocycles. The summed E-state index contributed by atoms with van der Waals surface area (Å²) in [4.78, 5) is 0. The fourth-order valence-electron chi connectivity index (χ4n) is 1.44. The second-order valence-corrected chi connectivity index (χ2v) is 3.75. The van der Waals surface area contributed by atoms with Crippen LogP contribution in [0.2, 0.25) is 0 Å². The molecule has 2 rings (SSSR count). The molecule has 1 aromatic heterocycles. The van der Waals surface area contributed by atoms with E-state index in [2.05, 4.69) is 10.2 Å². The largest absolute Gasteiger partial charge is 0.381 e. The number of rotatable bonds is 2. The number of nitrogens with zero attached hydrogens (tertiary/aromatic N) is 3. The maximum atomic E-state index is 5.81. The van der Waals surface area contributed by atoms with Gasteiger partial charge >= 0.3 is 0 Å². The molecule has 0 spiro atoms. The molecule has 1 saturated heterocycles. The lowest BCUT2D eigenvalue weighted by Gasteiger charge is -2.05. The van der Waals surface area contributed by atoms with E-state index in [1.54, 1.807) is 4.68 Å². The van der Waals surface area contributed by atoms with Crippen LogP contribution in [0.3, 0.4) is 0 Å². The van der Waals surface area contributed by atoms with Gasteiger partial charge in [-0.25, -0.2) is 4.68 Å². The first kappa shape index (κ1) is 8.83. The van der Waals surface area contributed by atoms with Gasteiger partial charge in [-0.1, -0.05) is 11.8 Å². The summed E-state index contributed by atoms with van der Waals surface area (Å²) in [6, 6.07) is 0. The van der Waals surface area contributed by atoms with Gasteiger partial charge in [0.1, 0.15) is 0 Å². The van der Waals surface area contributed by atoms with Crippen molar-refractivity contribution in [3.63, 3.8) is 0 Å². The SMILES string of the molecule is CSc1nnc(C2CCOC2)n1N. The van der Waals surface area contributed by atoms with Crippen molar-refractivity contribution in [2.75, 3.05) is 25.3 Å². The number of hydrogen-bond acceptors (Lipinski definition) is 5. The van der Waals surface area contributed by atoms with Crippen molar-refractivity contribution in [1.82, 2.24) is 14.9 Å². The summed E-state index contributed by atoms with van der Waals surface area (Å²) in [6.07, 6.45) is 2.92. The van der Waals surface area contributed by atoms with Crippen LogP contribution in [-0.4, -0.2) is 34.3 Å². The Morgan fingerprint density at radius 2 is 2.46 bits per heavy atom. The molecular weight excluding hydrogens is 188 g/mol. The van der Waals surface area contributed by atoms with Gasteiger partial charge in [-0.2, -0.15) is 0 Å². The second-order valence-electron chi connectivity index (χ2n) is 2.98. The molecule has 0 radical (unpaired) electrons. The molecular formula is C7H12N4OS. The van der Waals surface area contributed by atoms with Gasteiger partial charge in [-0.3, -0.25) is 0 Å². The van der Waals surface area contributed by atoms with Gasteiger partial charge in [-0.15, -0.1) is 10.2 Å². The second kappa shape index (κ2) is 3.55. The van der Waals surface area contributed by atoms with E-state index in [4.69, 9.17) is 10.6 Å². The maximum absolute atomic E-state index is 5.81. The fourth-order valence-corrected chi connectivity index (χ4v) is 1.86. The molecule has 1 aliphatic heterocycles. The number of hydrogen-bond donors (Lipinski definition) is 1. The Morgan fingerprint density at radius 1 is 1.62 bits per heavy atom. The number of aromatic nitrogens is 3. The molecule has 1 aliphatic rings. The summed E-state index contributed by atoms with van der Waals surface area (Å²) in [5.74, 6) is 6.96. The Labute approximate surface area is 80.6 Å². The van der Waals surface area contributed by atoms with E-state index in [-0.39, 0.29) is 0 Å². The third kappa shape index (κ3) is 1.51. The summed E-state index contributed by atoms with van der Waals surface area (Å²) >= 11 is 1.50. The summed E-state index contributed by atoms with van der Waals surface area (Å²) in [5, 5.41) is 8.78. The Kier molecular flexibility index (Phi) is 2.41. The average molecular weight is 200 g/mol. The van der Waals surface area contributed by atoms with Crippen molar-refractivity contribution >= 4 is 11.8 Å². The smallest absolute Gasteiger partial charge is 0.209 e. The van der Waals surface area contributed by atoms with Gasteiger partial charge in [-0.05, 0) is 12.7 Å². The summed E-state index contributed by atoms with van der Waals surface area (Å²) in [7, 11) is 0. The van der Waals surface area contributed by atoms with Gasteiger partial charge in [0, 0.05) is 12.5 Å². The van der Waals surface area contributed by atoms with Gasteiger partial charge in [0.15, 0.2) is 5.82 Å². The first-order valence-electron chi connectivity index (χ1n) is 4.15. The van der Waals surface area contributed by atoms with E-state index in [1.165, 1.54) is 11.8 Å². The molecule has 0 aromatic carbocycles. The van der Waals surface area contributed by atoms with E-state index in [0.717, 1.165) is 24.0 Å². The van der Waals surface area contributed by atoms with Gasteiger partial charge in [0.25, 0.3) is 0 Å². The molecule has 13 heavy (non-hydrogen) atoms. The minimum Gasteiger partial charge on any atom is -0.381 e. The van der Waals surface area contributed by atoms with Crippen molar-refractivity contribution in [2.24, 2.45) is 0 Å². The van der Waals surface area contributed by atoms with E-state index in [9.17, 15) is 0 Å². The Balaban J connectivity index is 2.24. The number of ether oxygens (including phenoxy) is 1. The lowest BCUT2D eigenvalue weighted by Crippen LogP contribution is -2.17. The number of thioether (sulfide) groups is 1. The predicted molar refractivity (Wildman–Crippen MR) is 50.1 cm³/mol. The number of nitrogens with two attached hydrogens (primary N) is 1. The molecule has 72 valence electrons. The Bertz CT molecular complexity index is 295. The highest BCUT2D eigenvalue weighted by Crippen LogP contribution is 2.24. The maximum Gasteiger partial charge on any atom is 0.209 e. The van der Waals surface area contributed by atoms with Crippen LogP contribution in [0.15, 0.2) is 5.16 Å². The molecule has 5 nitrogen and oxygen atoms in total. The van der Waals surface area contributed by atoms with E-state index in [0.29, 0.717) is 12.5 Å². The van der Waals surface area contributed by atoms with Gasteiger partial charge < -0.3 is 10.6 Å². The molecule has 1 fully saturated rings. The lowest BCUT2D eigenvalue weighted by molar-refractivity contribution is 0.193. The summed E-state index contributed by atoms with van der Waals surface area (Å²) < 4.78 is 6.83. The minimum atomic E-state index is 0.318. The van der Waals surface area contributed by atoms with Crippen molar-refractivity contribution < 1.29 is 4.74 Å².